The maximum Gasteiger partial charge on any atom is 0.120 e. The van der Waals surface area contributed by atoms with Gasteiger partial charge in [-0.15, -0.1) is 0 Å². The fraction of sp³-hybridized carbons (Fsp3) is 0.250. The number of rotatable bonds is 5. The van der Waals surface area contributed by atoms with E-state index >= 15 is 0 Å². The predicted molar refractivity (Wildman–Crippen MR) is 76.4 cm³/mol. The first-order valence-electron chi connectivity index (χ1n) is 6.22. The molecule has 0 radical (unpaired) electrons. The van der Waals surface area contributed by atoms with Crippen LogP contribution in [-0.2, 0) is 6.42 Å². The first kappa shape index (κ1) is 12.5. The number of anilines is 1. The van der Waals surface area contributed by atoms with E-state index in [0.717, 1.165) is 24.4 Å². The molecule has 0 bridgehead atoms. The van der Waals surface area contributed by atoms with E-state index in [-0.39, 0.29) is 0 Å². The van der Waals surface area contributed by atoms with E-state index in [2.05, 4.69) is 42.6 Å². The van der Waals surface area contributed by atoms with Gasteiger partial charge in [-0.25, -0.2) is 0 Å². The standard InChI is InChI=1S/C16H19NO/c1-13-6-3-4-7-14(13)10-11-17-15-8-5-9-16(12-15)18-2/h3-9,12,17H,10-11H2,1-2H3. The summed E-state index contributed by atoms with van der Waals surface area (Å²) < 4.78 is 5.20. The van der Waals surface area contributed by atoms with Crippen molar-refractivity contribution in [2.45, 2.75) is 13.3 Å². The van der Waals surface area contributed by atoms with Crippen LogP contribution in [0.2, 0.25) is 0 Å². The summed E-state index contributed by atoms with van der Waals surface area (Å²) in [6.07, 6.45) is 1.03. The van der Waals surface area contributed by atoms with Crippen LogP contribution < -0.4 is 10.1 Å². The van der Waals surface area contributed by atoms with Gasteiger partial charge in [-0.2, -0.15) is 0 Å². The number of nitrogens with one attached hydrogen (secondary N) is 1. The van der Waals surface area contributed by atoms with Gasteiger partial charge in [0.25, 0.3) is 0 Å². The fourth-order valence-electron chi connectivity index (χ4n) is 1.97. The molecule has 2 heteroatoms. The van der Waals surface area contributed by atoms with Gasteiger partial charge in [-0.3, -0.25) is 0 Å². The van der Waals surface area contributed by atoms with Gasteiger partial charge in [0.15, 0.2) is 0 Å². The van der Waals surface area contributed by atoms with Crippen molar-refractivity contribution in [1.29, 1.82) is 0 Å². The maximum absolute atomic E-state index is 5.20. The number of hydrogen-bond acceptors (Lipinski definition) is 2. The molecule has 0 aliphatic carbocycles. The molecule has 0 spiro atoms. The van der Waals surface area contributed by atoms with Gasteiger partial charge < -0.3 is 10.1 Å². The van der Waals surface area contributed by atoms with Crippen molar-refractivity contribution >= 4 is 5.69 Å². The van der Waals surface area contributed by atoms with Crippen LogP contribution in [-0.4, -0.2) is 13.7 Å². The van der Waals surface area contributed by atoms with Gasteiger partial charge in [0.2, 0.25) is 0 Å². The molecule has 0 atom stereocenters. The minimum Gasteiger partial charge on any atom is -0.497 e. The lowest BCUT2D eigenvalue weighted by atomic mass is 10.1. The summed E-state index contributed by atoms with van der Waals surface area (Å²) in [7, 11) is 1.69. The first-order chi connectivity index (χ1) is 8.79. The van der Waals surface area contributed by atoms with E-state index in [1.807, 2.05) is 18.2 Å². The molecule has 0 unspecified atom stereocenters. The average molecular weight is 241 g/mol. The summed E-state index contributed by atoms with van der Waals surface area (Å²) in [5.41, 5.74) is 3.85. The molecule has 18 heavy (non-hydrogen) atoms. The lowest BCUT2D eigenvalue weighted by Gasteiger charge is -2.09. The topological polar surface area (TPSA) is 21.3 Å². The Labute approximate surface area is 109 Å². The van der Waals surface area contributed by atoms with Crippen molar-refractivity contribution in [2.24, 2.45) is 0 Å². The summed E-state index contributed by atoms with van der Waals surface area (Å²) in [6.45, 7) is 3.08. The minimum atomic E-state index is 0.885. The van der Waals surface area contributed by atoms with Crippen LogP contribution in [0.5, 0.6) is 5.75 Å². The molecule has 1 N–H and O–H groups in total. The zero-order valence-corrected chi connectivity index (χ0v) is 10.9. The number of hydrogen-bond donors (Lipinski definition) is 1. The van der Waals surface area contributed by atoms with Crippen molar-refractivity contribution in [3.05, 3.63) is 59.7 Å². The molecule has 0 saturated carbocycles. The average Bonchev–Trinajstić information content (AvgIpc) is 2.41. The Kier molecular flexibility index (Phi) is 4.24. The van der Waals surface area contributed by atoms with Gasteiger partial charge >= 0.3 is 0 Å². The zero-order chi connectivity index (χ0) is 12.8. The van der Waals surface area contributed by atoms with E-state index in [1.165, 1.54) is 11.1 Å². The Balaban J connectivity index is 1.90. The third kappa shape index (κ3) is 3.27. The van der Waals surface area contributed by atoms with Gasteiger partial charge in [-0.1, -0.05) is 30.3 Å². The van der Waals surface area contributed by atoms with Crippen molar-refractivity contribution in [2.75, 3.05) is 19.0 Å². The van der Waals surface area contributed by atoms with E-state index in [1.54, 1.807) is 7.11 Å². The second-order valence-electron chi connectivity index (χ2n) is 4.34. The third-order valence-electron chi connectivity index (χ3n) is 3.05. The SMILES string of the molecule is COc1cccc(NCCc2ccccc2C)c1. The highest BCUT2D eigenvalue weighted by Crippen LogP contribution is 2.16. The minimum absolute atomic E-state index is 0.885. The molecule has 2 aromatic carbocycles. The number of ether oxygens (including phenoxy) is 1. The van der Waals surface area contributed by atoms with Crippen molar-refractivity contribution in [3.63, 3.8) is 0 Å². The van der Waals surface area contributed by atoms with E-state index in [9.17, 15) is 0 Å². The first-order valence-corrected chi connectivity index (χ1v) is 6.22. The fourth-order valence-corrected chi connectivity index (χ4v) is 1.97. The molecule has 0 aromatic heterocycles. The van der Waals surface area contributed by atoms with Crippen LogP contribution in [0, 0.1) is 6.92 Å². The Morgan fingerprint density at radius 2 is 1.89 bits per heavy atom. The molecule has 0 fully saturated rings. The summed E-state index contributed by atoms with van der Waals surface area (Å²) in [5.74, 6) is 0.885. The van der Waals surface area contributed by atoms with Crippen molar-refractivity contribution < 1.29 is 4.74 Å². The maximum atomic E-state index is 5.20. The van der Waals surface area contributed by atoms with Crippen LogP contribution in [0.1, 0.15) is 11.1 Å². The van der Waals surface area contributed by atoms with Crippen LogP contribution >= 0.6 is 0 Å². The van der Waals surface area contributed by atoms with Crippen LogP contribution in [0.4, 0.5) is 5.69 Å². The third-order valence-corrected chi connectivity index (χ3v) is 3.05. The van der Waals surface area contributed by atoms with Gasteiger partial charge in [0.05, 0.1) is 7.11 Å². The zero-order valence-electron chi connectivity index (χ0n) is 10.9. The smallest absolute Gasteiger partial charge is 0.120 e. The van der Waals surface area contributed by atoms with Gasteiger partial charge in [0.1, 0.15) is 5.75 Å². The molecule has 0 amide bonds. The number of aryl methyl sites for hydroxylation is 1. The molecule has 94 valence electrons. The van der Waals surface area contributed by atoms with Crippen LogP contribution in [0.25, 0.3) is 0 Å². The lowest BCUT2D eigenvalue weighted by Crippen LogP contribution is -2.05. The van der Waals surface area contributed by atoms with Gasteiger partial charge in [0, 0.05) is 18.3 Å². The summed E-state index contributed by atoms with van der Waals surface area (Å²) >= 11 is 0. The molecule has 0 heterocycles. The van der Waals surface area contributed by atoms with Crippen molar-refractivity contribution in [3.8, 4) is 5.75 Å². The largest absolute Gasteiger partial charge is 0.497 e. The molecule has 0 aliphatic heterocycles. The predicted octanol–water partition coefficient (Wildman–Crippen LogP) is 3.66. The lowest BCUT2D eigenvalue weighted by molar-refractivity contribution is 0.415. The molecular weight excluding hydrogens is 222 g/mol. The Bertz CT molecular complexity index is 508. The Morgan fingerprint density at radius 1 is 1.06 bits per heavy atom. The molecule has 2 aromatic rings. The summed E-state index contributed by atoms with van der Waals surface area (Å²) in [6, 6.07) is 16.5. The molecule has 0 aliphatic rings. The summed E-state index contributed by atoms with van der Waals surface area (Å²) in [4.78, 5) is 0. The molecule has 2 nitrogen and oxygen atoms in total. The van der Waals surface area contributed by atoms with E-state index < -0.39 is 0 Å². The van der Waals surface area contributed by atoms with E-state index in [0.29, 0.717) is 0 Å². The molecule has 0 saturated heterocycles. The van der Waals surface area contributed by atoms with Gasteiger partial charge in [-0.05, 0) is 36.6 Å². The van der Waals surface area contributed by atoms with Crippen LogP contribution in [0.3, 0.4) is 0 Å². The quantitative estimate of drug-likeness (QED) is 0.862. The Hall–Kier alpha value is -1.96. The van der Waals surface area contributed by atoms with Crippen LogP contribution in [0.15, 0.2) is 48.5 Å². The highest BCUT2D eigenvalue weighted by Gasteiger charge is 1.98. The molecule has 2 rings (SSSR count). The molecular formula is C16H19NO. The monoisotopic (exact) mass is 241 g/mol. The van der Waals surface area contributed by atoms with E-state index in [4.69, 9.17) is 4.74 Å². The highest BCUT2D eigenvalue weighted by molar-refractivity contribution is 5.48. The van der Waals surface area contributed by atoms with Crippen molar-refractivity contribution in [1.82, 2.24) is 0 Å². The number of methoxy groups -OCH3 is 1. The second-order valence-corrected chi connectivity index (χ2v) is 4.34. The normalized spacial score (nSPS) is 10.1. The second kappa shape index (κ2) is 6.10. The highest BCUT2D eigenvalue weighted by atomic mass is 16.5. The summed E-state index contributed by atoms with van der Waals surface area (Å²) in [5, 5.41) is 3.42. The number of benzene rings is 2. The Morgan fingerprint density at radius 3 is 2.67 bits per heavy atom.